The number of carbonyl (C=O) groups is 2. The van der Waals surface area contributed by atoms with Gasteiger partial charge in [0.05, 0.1) is 17.8 Å². The van der Waals surface area contributed by atoms with E-state index in [0.717, 1.165) is 5.69 Å². The lowest BCUT2D eigenvalue weighted by atomic mass is 10.2. The molecule has 1 rings (SSSR count). The van der Waals surface area contributed by atoms with Crippen molar-refractivity contribution in [3.05, 3.63) is 23.5 Å². The van der Waals surface area contributed by atoms with Crippen LogP contribution in [-0.2, 0) is 4.79 Å². The van der Waals surface area contributed by atoms with Crippen LogP contribution in [0.1, 0.15) is 23.0 Å². The molecule has 0 aliphatic rings. The van der Waals surface area contributed by atoms with E-state index in [1.807, 2.05) is 0 Å². The molecule has 0 aliphatic carbocycles. The summed E-state index contributed by atoms with van der Waals surface area (Å²) < 4.78 is 0. The maximum atomic E-state index is 11.8. The predicted molar refractivity (Wildman–Crippen MR) is 67.8 cm³/mol. The summed E-state index contributed by atoms with van der Waals surface area (Å²) in [5, 5.41) is 5.07. The summed E-state index contributed by atoms with van der Waals surface area (Å²) in [6.07, 6.45) is 1.41. The fourth-order valence-electron chi connectivity index (χ4n) is 1.38. The molecule has 0 aliphatic heterocycles. The fraction of sp³-hybridized carbons (Fsp3) is 0.364. The van der Waals surface area contributed by atoms with Crippen LogP contribution in [0.2, 0.25) is 0 Å². The van der Waals surface area contributed by atoms with Crippen LogP contribution in [0, 0.1) is 6.92 Å². The molecule has 5 N–H and O–H groups in total. The molecule has 1 aromatic rings. The van der Waals surface area contributed by atoms with E-state index in [1.54, 1.807) is 19.9 Å². The van der Waals surface area contributed by atoms with Crippen LogP contribution in [0.25, 0.3) is 0 Å². The van der Waals surface area contributed by atoms with Crippen LogP contribution in [0.15, 0.2) is 12.3 Å². The number of hydrogen-bond acceptors (Lipinski definition) is 5. The number of likely N-dealkylation sites (N-methyl/N-ethyl adjacent to an activating group) is 1. The number of nitrogen functional groups attached to an aromatic ring is 1. The smallest absolute Gasteiger partial charge is 0.255 e. The van der Waals surface area contributed by atoms with Gasteiger partial charge in [-0.25, -0.2) is 0 Å². The first-order valence-electron chi connectivity index (χ1n) is 5.56. The van der Waals surface area contributed by atoms with Gasteiger partial charge in [-0.15, -0.1) is 0 Å². The summed E-state index contributed by atoms with van der Waals surface area (Å²) in [6, 6.07) is 1.65. The molecule has 7 nitrogen and oxygen atoms in total. The van der Waals surface area contributed by atoms with Gasteiger partial charge in [0.15, 0.2) is 0 Å². The van der Waals surface area contributed by atoms with Crippen molar-refractivity contribution in [2.45, 2.75) is 13.8 Å². The largest absolute Gasteiger partial charge is 0.355 e. The number of hydrazine groups is 1. The molecule has 0 aromatic carbocycles. The Morgan fingerprint density at radius 2 is 2.11 bits per heavy atom. The maximum Gasteiger partial charge on any atom is 0.255 e. The number of hydrogen-bond donors (Lipinski definition) is 4. The van der Waals surface area contributed by atoms with E-state index in [9.17, 15) is 9.59 Å². The predicted octanol–water partition coefficient (Wildman–Crippen LogP) is -0.458. The zero-order valence-electron chi connectivity index (χ0n) is 10.4. The Kier molecular flexibility index (Phi) is 5.06. The van der Waals surface area contributed by atoms with Gasteiger partial charge in [0.25, 0.3) is 5.91 Å². The third kappa shape index (κ3) is 3.70. The van der Waals surface area contributed by atoms with Crippen LogP contribution in [-0.4, -0.2) is 29.9 Å². The summed E-state index contributed by atoms with van der Waals surface area (Å²) in [5.74, 6) is 4.68. The molecule has 0 atom stereocenters. The Balaban J connectivity index is 2.69. The van der Waals surface area contributed by atoms with Crippen molar-refractivity contribution in [3.8, 4) is 0 Å². The minimum Gasteiger partial charge on any atom is -0.355 e. The second-order valence-electron chi connectivity index (χ2n) is 3.65. The number of nitrogens with zero attached hydrogens (tertiary/aromatic N) is 1. The first kappa shape index (κ1) is 13.9. The minimum absolute atomic E-state index is 0.0788. The van der Waals surface area contributed by atoms with Gasteiger partial charge in [0, 0.05) is 18.4 Å². The van der Waals surface area contributed by atoms with Gasteiger partial charge in [-0.3, -0.25) is 20.4 Å². The zero-order chi connectivity index (χ0) is 13.5. The van der Waals surface area contributed by atoms with Crippen LogP contribution in [0.3, 0.4) is 0 Å². The number of carbonyl (C=O) groups excluding carboxylic acids is 2. The molecule has 0 unspecified atom stereocenters. The maximum absolute atomic E-state index is 11.8. The highest BCUT2D eigenvalue weighted by atomic mass is 16.2. The van der Waals surface area contributed by atoms with Gasteiger partial charge < -0.3 is 16.1 Å². The summed E-state index contributed by atoms with van der Waals surface area (Å²) >= 11 is 0. The molecular formula is C11H17N5O2. The van der Waals surface area contributed by atoms with Gasteiger partial charge in [0.2, 0.25) is 5.91 Å². The quantitative estimate of drug-likeness (QED) is 0.418. The number of anilines is 1. The van der Waals surface area contributed by atoms with Gasteiger partial charge in [-0.2, -0.15) is 0 Å². The van der Waals surface area contributed by atoms with E-state index in [4.69, 9.17) is 5.84 Å². The number of aryl methyl sites for hydroxylation is 1. The molecular weight excluding hydrogens is 234 g/mol. The first-order valence-corrected chi connectivity index (χ1v) is 5.56. The molecule has 2 amide bonds. The molecule has 0 spiro atoms. The van der Waals surface area contributed by atoms with Crippen LogP contribution in [0.5, 0.6) is 0 Å². The Labute approximate surface area is 105 Å². The second kappa shape index (κ2) is 6.55. The standard InChI is InChI=1S/C11H17N5O2/c1-3-13-10(17)6-15-11(18)8-5-14-7(2)4-9(8)16-12/h4-5H,3,6,12H2,1-2H3,(H,13,17)(H,14,16)(H,15,18). The van der Waals surface area contributed by atoms with Crippen LogP contribution < -0.4 is 21.9 Å². The zero-order valence-corrected chi connectivity index (χ0v) is 10.4. The molecule has 1 aromatic heterocycles. The normalized spacial score (nSPS) is 9.72. The third-order valence-electron chi connectivity index (χ3n) is 2.22. The molecule has 1 heterocycles. The SMILES string of the molecule is CCNC(=O)CNC(=O)c1cnc(C)cc1NN. The molecule has 0 bridgehead atoms. The first-order chi connectivity index (χ1) is 8.58. The lowest BCUT2D eigenvalue weighted by Gasteiger charge is -2.09. The van der Waals surface area contributed by atoms with E-state index < -0.39 is 5.91 Å². The second-order valence-corrected chi connectivity index (χ2v) is 3.65. The van der Waals surface area contributed by atoms with Crippen molar-refractivity contribution in [2.24, 2.45) is 5.84 Å². The van der Waals surface area contributed by atoms with E-state index >= 15 is 0 Å². The lowest BCUT2D eigenvalue weighted by Crippen LogP contribution is -2.37. The minimum atomic E-state index is -0.401. The summed E-state index contributed by atoms with van der Waals surface area (Å²) in [6.45, 7) is 4.04. The van der Waals surface area contributed by atoms with Gasteiger partial charge in [-0.05, 0) is 19.9 Å². The Morgan fingerprint density at radius 1 is 1.39 bits per heavy atom. The van der Waals surface area contributed by atoms with Crippen molar-refractivity contribution in [1.82, 2.24) is 15.6 Å². The fourth-order valence-corrected chi connectivity index (χ4v) is 1.38. The average molecular weight is 251 g/mol. The van der Waals surface area contributed by atoms with Crippen LogP contribution >= 0.6 is 0 Å². The number of nitrogens with one attached hydrogen (secondary N) is 3. The molecule has 0 saturated heterocycles. The third-order valence-corrected chi connectivity index (χ3v) is 2.22. The van der Waals surface area contributed by atoms with Gasteiger partial charge >= 0.3 is 0 Å². The lowest BCUT2D eigenvalue weighted by molar-refractivity contribution is -0.120. The van der Waals surface area contributed by atoms with E-state index in [2.05, 4.69) is 21.0 Å². The van der Waals surface area contributed by atoms with E-state index in [1.165, 1.54) is 6.20 Å². The van der Waals surface area contributed by atoms with Gasteiger partial charge in [-0.1, -0.05) is 0 Å². The Bertz CT molecular complexity index is 447. The number of nitrogens with two attached hydrogens (primary N) is 1. The number of aromatic nitrogens is 1. The van der Waals surface area contributed by atoms with E-state index in [-0.39, 0.29) is 12.5 Å². The summed E-state index contributed by atoms with van der Waals surface area (Å²) in [5.41, 5.74) is 3.93. The Morgan fingerprint density at radius 3 is 2.72 bits per heavy atom. The van der Waals surface area contributed by atoms with Crippen molar-refractivity contribution in [2.75, 3.05) is 18.5 Å². The van der Waals surface area contributed by atoms with Gasteiger partial charge in [0.1, 0.15) is 0 Å². The van der Waals surface area contributed by atoms with Crippen molar-refractivity contribution < 1.29 is 9.59 Å². The molecule has 0 radical (unpaired) electrons. The Hall–Kier alpha value is -2.15. The van der Waals surface area contributed by atoms with Crippen molar-refractivity contribution in [1.29, 1.82) is 0 Å². The topological polar surface area (TPSA) is 109 Å². The number of amides is 2. The van der Waals surface area contributed by atoms with Crippen molar-refractivity contribution >= 4 is 17.5 Å². The monoisotopic (exact) mass is 251 g/mol. The highest BCUT2D eigenvalue weighted by Crippen LogP contribution is 2.13. The molecule has 18 heavy (non-hydrogen) atoms. The summed E-state index contributed by atoms with van der Waals surface area (Å²) in [7, 11) is 0. The average Bonchev–Trinajstić information content (AvgIpc) is 2.36. The summed E-state index contributed by atoms with van der Waals surface area (Å²) in [4.78, 5) is 27.0. The highest BCUT2D eigenvalue weighted by molar-refractivity contribution is 6.00. The molecule has 0 fully saturated rings. The molecule has 0 saturated carbocycles. The highest BCUT2D eigenvalue weighted by Gasteiger charge is 2.12. The number of pyridine rings is 1. The number of rotatable bonds is 5. The van der Waals surface area contributed by atoms with Crippen molar-refractivity contribution in [3.63, 3.8) is 0 Å². The molecule has 7 heteroatoms. The van der Waals surface area contributed by atoms with E-state index in [0.29, 0.717) is 17.8 Å². The van der Waals surface area contributed by atoms with Crippen LogP contribution in [0.4, 0.5) is 5.69 Å². The molecule has 98 valence electrons.